The second kappa shape index (κ2) is 5.33. The number of hydrogen-bond acceptors (Lipinski definition) is 5. The Morgan fingerprint density at radius 2 is 2.10 bits per heavy atom. The van der Waals surface area contributed by atoms with Gasteiger partial charge in [0.15, 0.2) is 11.6 Å². The summed E-state index contributed by atoms with van der Waals surface area (Å²) in [6, 6.07) is 1.32. The molecule has 2 N–H and O–H groups in total. The largest absolute Gasteiger partial charge is 0.489 e. The van der Waals surface area contributed by atoms with Crippen molar-refractivity contribution in [3.05, 3.63) is 28.1 Å². The fraction of sp³-hybridized carbons (Fsp3) is 0.455. The first kappa shape index (κ1) is 14.7. The lowest BCUT2D eigenvalue weighted by molar-refractivity contribution is -0.385. The van der Waals surface area contributed by atoms with E-state index in [1.54, 1.807) is 0 Å². The van der Waals surface area contributed by atoms with Crippen LogP contribution in [0.3, 0.4) is 0 Å². The molecule has 9 heteroatoms. The number of non-ortho nitro benzene ring substituents is 1. The second-order valence-corrected chi connectivity index (χ2v) is 6.19. The first-order valence-electron chi connectivity index (χ1n) is 5.92. The van der Waals surface area contributed by atoms with Crippen LogP contribution in [0.15, 0.2) is 17.0 Å². The van der Waals surface area contributed by atoms with Crippen LogP contribution >= 0.6 is 0 Å². The van der Waals surface area contributed by atoms with Gasteiger partial charge in [0.1, 0.15) is 4.90 Å². The van der Waals surface area contributed by atoms with Gasteiger partial charge in [0.05, 0.1) is 17.6 Å². The number of nitrogens with two attached hydrogens (primary N) is 1. The van der Waals surface area contributed by atoms with Gasteiger partial charge in [-0.3, -0.25) is 10.1 Å². The number of benzene rings is 1. The van der Waals surface area contributed by atoms with Crippen molar-refractivity contribution < 1.29 is 22.5 Å². The zero-order valence-corrected chi connectivity index (χ0v) is 11.2. The van der Waals surface area contributed by atoms with Gasteiger partial charge in [-0.05, 0) is 18.8 Å². The summed E-state index contributed by atoms with van der Waals surface area (Å²) in [5.41, 5.74) is -0.692. The van der Waals surface area contributed by atoms with Crippen LogP contribution < -0.4 is 9.88 Å². The Morgan fingerprint density at radius 3 is 2.55 bits per heavy atom. The minimum absolute atomic E-state index is 0.164. The summed E-state index contributed by atoms with van der Waals surface area (Å²) in [5, 5.41) is 15.6. The van der Waals surface area contributed by atoms with Crippen molar-refractivity contribution in [2.24, 2.45) is 11.1 Å². The van der Waals surface area contributed by atoms with Crippen molar-refractivity contribution in [2.75, 3.05) is 6.61 Å². The standard InChI is InChI=1S/C11H13FN2O5S/c12-9-4-8(14(15)16)5-10(20(13,17)18)11(9)19-6-7-2-1-3-7/h4-5,7H,1-3,6H2,(H2,13,17,18). The van der Waals surface area contributed by atoms with Crippen LogP contribution in [0, 0.1) is 21.8 Å². The van der Waals surface area contributed by atoms with Crippen LogP contribution in [0.25, 0.3) is 0 Å². The number of ether oxygens (including phenoxy) is 1. The predicted molar refractivity (Wildman–Crippen MR) is 67.3 cm³/mol. The van der Waals surface area contributed by atoms with Crippen LogP contribution in [-0.4, -0.2) is 19.9 Å². The highest BCUT2D eigenvalue weighted by atomic mass is 32.2. The smallest absolute Gasteiger partial charge is 0.274 e. The minimum atomic E-state index is -4.32. The molecule has 1 aliphatic rings. The van der Waals surface area contributed by atoms with Gasteiger partial charge >= 0.3 is 0 Å². The number of nitrogens with zero attached hydrogens (tertiary/aromatic N) is 1. The Morgan fingerprint density at radius 1 is 1.45 bits per heavy atom. The molecule has 1 fully saturated rings. The van der Waals surface area contributed by atoms with E-state index in [0.717, 1.165) is 19.3 Å². The fourth-order valence-electron chi connectivity index (χ4n) is 1.87. The third kappa shape index (κ3) is 3.05. The number of primary sulfonamides is 1. The maximum Gasteiger partial charge on any atom is 0.274 e. The number of nitro groups is 1. The van der Waals surface area contributed by atoms with Crippen LogP contribution in [-0.2, 0) is 10.0 Å². The number of halogens is 1. The summed E-state index contributed by atoms with van der Waals surface area (Å²) in [4.78, 5) is 9.03. The second-order valence-electron chi connectivity index (χ2n) is 4.66. The van der Waals surface area contributed by atoms with Gasteiger partial charge in [0.2, 0.25) is 10.0 Å². The molecule has 0 amide bonds. The van der Waals surface area contributed by atoms with E-state index in [4.69, 9.17) is 9.88 Å². The van der Waals surface area contributed by atoms with Gasteiger partial charge in [-0.15, -0.1) is 0 Å². The zero-order chi connectivity index (χ0) is 14.9. The van der Waals surface area contributed by atoms with E-state index in [2.05, 4.69) is 0 Å². The van der Waals surface area contributed by atoms with Gasteiger partial charge in [0, 0.05) is 6.07 Å². The molecule has 0 radical (unpaired) electrons. The average molecular weight is 304 g/mol. The van der Waals surface area contributed by atoms with Gasteiger partial charge in [0.25, 0.3) is 5.69 Å². The summed E-state index contributed by atoms with van der Waals surface area (Å²) in [7, 11) is -4.32. The summed E-state index contributed by atoms with van der Waals surface area (Å²) in [5.74, 6) is -1.41. The Balaban J connectivity index is 2.39. The zero-order valence-electron chi connectivity index (χ0n) is 10.4. The summed E-state index contributed by atoms with van der Waals surface area (Å²) >= 11 is 0. The lowest BCUT2D eigenvalue weighted by Gasteiger charge is -2.25. The van der Waals surface area contributed by atoms with E-state index in [0.29, 0.717) is 12.1 Å². The van der Waals surface area contributed by atoms with E-state index in [-0.39, 0.29) is 12.5 Å². The van der Waals surface area contributed by atoms with E-state index < -0.39 is 37.1 Å². The fourth-order valence-corrected chi connectivity index (χ4v) is 2.57. The maximum absolute atomic E-state index is 13.8. The van der Waals surface area contributed by atoms with Crippen LogP contribution in [0.1, 0.15) is 19.3 Å². The van der Waals surface area contributed by atoms with E-state index in [1.807, 2.05) is 0 Å². The monoisotopic (exact) mass is 304 g/mol. The molecule has 1 aromatic carbocycles. The van der Waals surface area contributed by atoms with Crippen LogP contribution in [0.4, 0.5) is 10.1 Å². The molecule has 0 unspecified atom stereocenters. The van der Waals surface area contributed by atoms with Crippen molar-refractivity contribution in [1.82, 2.24) is 0 Å². The lowest BCUT2D eigenvalue weighted by Crippen LogP contribution is -2.21. The molecule has 0 saturated heterocycles. The SMILES string of the molecule is NS(=O)(=O)c1cc([N+](=O)[O-])cc(F)c1OCC1CCC1. The average Bonchev–Trinajstić information content (AvgIpc) is 2.26. The molecule has 1 aliphatic carbocycles. The lowest BCUT2D eigenvalue weighted by atomic mass is 9.86. The highest BCUT2D eigenvalue weighted by molar-refractivity contribution is 7.89. The molecule has 1 saturated carbocycles. The molecule has 2 rings (SSSR count). The normalized spacial score (nSPS) is 15.7. The van der Waals surface area contributed by atoms with E-state index in [9.17, 15) is 22.9 Å². The van der Waals surface area contributed by atoms with Crippen LogP contribution in [0.2, 0.25) is 0 Å². The van der Waals surface area contributed by atoms with Crippen molar-refractivity contribution in [2.45, 2.75) is 24.2 Å². The molecule has 0 atom stereocenters. The molecule has 1 aromatic rings. The summed E-state index contributed by atoms with van der Waals surface area (Å²) in [6.07, 6.45) is 2.91. The molecular formula is C11H13FN2O5S. The minimum Gasteiger partial charge on any atom is -0.489 e. The number of sulfonamides is 1. The highest BCUT2D eigenvalue weighted by Crippen LogP contribution is 2.33. The molecule has 110 valence electrons. The molecule has 0 spiro atoms. The van der Waals surface area contributed by atoms with Crippen molar-refractivity contribution >= 4 is 15.7 Å². The van der Waals surface area contributed by atoms with E-state index >= 15 is 0 Å². The quantitative estimate of drug-likeness (QED) is 0.655. The molecule has 0 aromatic heterocycles. The first-order valence-corrected chi connectivity index (χ1v) is 7.47. The third-order valence-electron chi connectivity index (χ3n) is 3.20. The third-order valence-corrected chi connectivity index (χ3v) is 4.12. The Kier molecular flexibility index (Phi) is 3.91. The van der Waals surface area contributed by atoms with Gasteiger partial charge in [-0.1, -0.05) is 6.42 Å². The molecule has 0 heterocycles. The maximum atomic E-state index is 13.8. The topological polar surface area (TPSA) is 113 Å². The number of hydrogen-bond donors (Lipinski definition) is 1. The molecule has 7 nitrogen and oxygen atoms in total. The first-order chi connectivity index (χ1) is 9.29. The molecule has 0 aliphatic heterocycles. The van der Waals surface area contributed by atoms with Gasteiger partial charge in [-0.25, -0.2) is 17.9 Å². The van der Waals surface area contributed by atoms with Gasteiger partial charge in [-0.2, -0.15) is 0 Å². The summed E-state index contributed by atoms with van der Waals surface area (Å²) in [6.45, 7) is 0.164. The van der Waals surface area contributed by atoms with Crippen molar-refractivity contribution in [3.8, 4) is 5.75 Å². The Bertz CT molecular complexity index is 642. The van der Waals surface area contributed by atoms with E-state index in [1.165, 1.54) is 0 Å². The summed E-state index contributed by atoms with van der Waals surface area (Å²) < 4.78 is 41.8. The van der Waals surface area contributed by atoms with Gasteiger partial charge < -0.3 is 4.74 Å². The Labute approximate surface area is 114 Å². The van der Waals surface area contributed by atoms with Crippen molar-refractivity contribution in [1.29, 1.82) is 0 Å². The predicted octanol–water partition coefficient (Wildman–Crippen LogP) is 1.56. The Hall–Kier alpha value is -1.74. The number of nitro benzene ring substituents is 1. The number of rotatable bonds is 5. The van der Waals surface area contributed by atoms with Crippen LogP contribution in [0.5, 0.6) is 5.75 Å². The molecular weight excluding hydrogens is 291 g/mol. The molecule has 20 heavy (non-hydrogen) atoms. The molecule has 0 bridgehead atoms. The highest BCUT2D eigenvalue weighted by Gasteiger charge is 2.26. The van der Waals surface area contributed by atoms with Crippen molar-refractivity contribution in [3.63, 3.8) is 0 Å².